The molecule has 1 aromatic heterocycles. The summed E-state index contributed by atoms with van der Waals surface area (Å²) in [7, 11) is 0. The number of carbonyl (C=O) groups excluding carboxylic acids is 1. The zero-order valence-electron chi connectivity index (χ0n) is 15.5. The van der Waals surface area contributed by atoms with Gasteiger partial charge in [-0.3, -0.25) is 35.9 Å². The number of rotatable bonds is 7. The summed E-state index contributed by atoms with van der Waals surface area (Å²) >= 11 is 8.82. The number of halogens is 3. The van der Waals surface area contributed by atoms with Gasteiger partial charge in [-0.05, 0) is 30.3 Å². The van der Waals surface area contributed by atoms with Gasteiger partial charge in [0.1, 0.15) is 17.2 Å². The zero-order valence-corrected chi connectivity index (χ0v) is 17.8. The average Bonchev–Trinajstić information content (AvgIpc) is 2.74. The van der Waals surface area contributed by atoms with Crippen molar-refractivity contribution in [1.29, 1.82) is 0 Å². The van der Waals surface area contributed by atoms with Crippen molar-refractivity contribution in [1.82, 2.24) is 15.4 Å². The van der Waals surface area contributed by atoms with Crippen molar-refractivity contribution >= 4 is 62.1 Å². The Balaban J connectivity index is 1.85. The molecule has 3 N–H and O–H groups in total. The molecule has 0 aliphatic carbocycles. The van der Waals surface area contributed by atoms with Crippen LogP contribution < -0.4 is 16.2 Å². The Hall–Kier alpha value is -3.91. The first-order chi connectivity index (χ1) is 15.2. The lowest BCUT2D eigenvalue weighted by Gasteiger charge is -2.11. The number of nitro groups is 2. The lowest BCUT2D eigenvalue weighted by Crippen LogP contribution is -2.30. The van der Waals surface area contributed by atoms with Crippen LogP contribution in [0.5, 0.6) is 0 Å². The molecule has 3 rings (SSSR count). The summed E-state index contributed by atoms with van der Waals surface area (Å²) < 4.78 is 14.6. The highest BCUT2D eigenvalue weighted by molar-refractivity contribution is 9.10. The van der Waals surface area contributed by atoms with Crippen molar-refractivity contribution in [3.63, 3.8) is 0 Å². The minimum Gasteiger partial charge on any atom is -0.332 e. The topological polar surface area (TPSA) is 165 Å². The molecule has 32 heavy (non-hydrogen) atoms. The number of hydrazine groups is 1. The third-order valence-corrected chi connectivity index (χ3v) is 4.70. The lowest BCUT2D eigenvalue weighted by molar-refractivity contribution is -0.384. The second kappa shape index (κ2) is 9.49. The molecule has 0 aliphatic rings. The molecule has 1 amide bonds. The predicted octanol–water partition coefficient (Wildman–Crippen LogP) is 4.35. The molecule has 0 saturated heterocycles. The summed E-state index contributed by atoms with van der Waals surface area (Å²) in [5.74, 6) is -2.31. The Bertz CT molecular complexity index is 1250. The fourth-order valence-corrected chi connectivity index (χ4v) is 2.95. The van der Waals surface area contributed by atoms with Crippen LogP contribution in [0.3, 0.4) is 0 Å². The third kappa shape index (κ3) is 5.04. The quantitative estimate of drug-likeness (QED) is 0.300. The number of carbonyl (C=O) groups is 1. The van der Waals surface area contributed by atoms with E-state index in [-0.39, 0.29) is 22.1 Å². The number of anilines is 3. The second-order valence-electron chi connectivity index (χ2n) is 5.93. The van der Waals surface area contributed by atoms with Crippen LogP contribution in [-0.2, 0) is 0 Å². The first kappa shape index (κ1) is 22.8. The maximum atomic E-state index is 14.1. The van der Waals surface area contributed by atoms with E-state index in [1.165, 1.54) is 18.2 Å². The summed E-state index contributed by atoms with van der Waals surface area (Å²) in [6, 6.07) is 7.34. The largest absolute Gasteiger partial charge is 0.355 e. The van der Waals surface area contributed by atoms with Crippen LogP contribution >= 0.6 is 27.5 Å². The molecule has 0 aliphatic heterocycles. The molecule has 0 saturated carbocycles. The summed E-state index contributed by atoms with van der Waals surface area (Å²) in [4.78, 5) is 40.8. The van der Waals surface area contributed by atoms with E-state index in [2.05, 4.69) is 42.1 Å². The maximum absolute atomic E-state index is 14.1. The van der Waals surface area contributed by atoms with Crippen LogP contribution in [0, 0.1) is 26.0 Å². The van der Waals surface area contributed by atoms with E-state index in [1.54, 1.807) is 0 Å². The number of amides is 1. The molecular weight excluding hydrogens is 517 g/mol. The van der Waals surface area contributed by atoms with Crippen LogP contribution in [-0.4, -0.2) is 25.7 Å². The first-order valence-corrected chi connectivity index (χ1v) is 9.56. The van der Waals surface area contributed by atoms with E-state index in [9.17, 15) is 29.4 Å². The van der Waals surface area contributed by atoms with Crippen LogP contribution in [0.4, 0.5) is 33.1 Å². The highest BCUT2D eigenvalue weighted by Crippen LogP contribution is 2.32. The SMILES string of the molecule is O=C(NNc1ncnc(Nc2ccc(Br)cc2F)c1[N+](=O)[O-])c1ccc(Cl)c([N+](=O)[O-])c1. The normalized spacial score (nSPS) is 10.3. The molecule has 0 fully saturated rings. The maximum Gasteiger partial charge on any atom is 0.355 e. The minimum atomic E-state index is -0.855. The predicted molar refractivity (Wildman–Crippen MR) is 115 cm³/mol. The molecule has 1 heterocycles. The number of hydrogen-bond donors (Lipinski definition) is 3. The summed E-state index contributed by atoms with van der Waals surface area (Å²) in [5, 5.41) is 24.9. The molecule has 2 aromatic carbocycles. The Morgan fingerprint density at radius 3 is 2.44 bits per heavy atom. The Kier molecular flexibility index (Phi) is 6.75. The van der Waals surface area contributed by atoms with Gasteiger partial charge in [-0.15, -0.1) is 0 Å². The van der Waals surface area contributed by atoms with Crippen molar-refractivity contribution < 1.29 is 19.0 Å². The number of benzene rings is 2. The molecule has 0 radical (unpaired) electrons. The molecule has 0 spiro atoms. The first-order valence-electron chi connectivity index (χ1n) is 8.39. The molecule has 12 nitrogen and oxygen atoms in total. The fraction of sp³-hybridized carbons (Fsp3) is 0. The van der Waals surface area contributed by atoms with Gasteiger partial charge in [-0.25, -0.2) is 14.4 Å². The summed E-state index contributed by atoms with van der Waals surface area (Å²) in [6.07, 6.45) is 0.952. The van der Waals surface area contributed by atoms with Crippen molar-refractivity contribution in [2.24, 2.45) is 0 Å². The number of hydrogen-bond acceptors (Lipinski definition) is 9. The number of aromatic nitrogens is 2. The number of nitrogens with one attached hydrogen (secondary N) is 3. The molecule has 0 bridgehead atoms. The summed E-state index contributed by atoms with van der Waals surface area (Å²) in [6.45, 7) is 0. The smallest absolute Gasteiger partial charge is 0.332 e. The Morgan fingerprint density at radius 1 is 1.06 bits per heavy atom. The van der Waals surface area contributed by atoms with E-state index in [1.807, 2.05) is 0 Å². The van der Waals surface area contributed by atoms with Crippen molar-refractivity contribution in [3.05, 3.63) is 83.8 Å². The monoisotopic (exact) mass is 525 g/mol. The second-order valence-corrected chi connectivity index (χ2v) is 7.25. The van der Waals surface area contributed by atoms with E-state index < -0.39 is 38.8 Å². The van der Waals surface area contributed by atoms with Gasteiger partial charge >= 0.3 is 5.69 Å². The Morgan fingerprint density at radius 2 is 1.78 bits per heavy atom. The van der Waals surface area contributed by atoms with Crippen molar-refractivity contribution in [3.8, 4) is 0 Å². The highest BCUT2D eigenvalue weighted by Gasteiger charge is 2.25. The molecular formula is C17H10BrClFN7O5. The van der Waals surface area contributed by atoms with Gasteiger partial charge in [0, 0.05) is 16.1 Å². The van der Waals surface area contributed by atoms with E-state index >= 15 is 0 Å². The standard InChI is InChI=1S/C17H10BrClFN7O5/c18-9-2-4-12(11(20)6-9)23-15-14(27(31)32)16(22-7-21-15)24-25-17(28)8-1-3-10(19)13(5-8)26(29)30/h1-7H,(H,25,28)(H2,21,22,23,24). The molecule has 3 aromatic rings. The molecule has 164 valence electrons. The van der Waals surface area contributed by atoms with Gasteiger partial charge in [-0.1, -0.05) is 27.5 Å². The third-order valence-electron chi connectivity index (χ3n) is 3.89. The lowest BCUT2D eigenvalue weighted by atomic mass is 10.2. The fourth-order valence-electron chi connectivity index (χ4n) is 2.44. The van der Waals surface area contributed by atoms with Gasteiger partial charge in [0.05, 0.1) is 15.5 Å². The van der Waals surface area contributed by atoms with Crippen molar-refractivity contribution in [2.45, 2.75) is 0 Å². The molecule has 0 unspecified atom stereocenters. The van der Waals surface area contributed by atoms with E-state index in [0.717, 1.165) is 24.5 Å². The van der Waals surface area contributed by atoms with E-state index in [4.69, 9.17) is 11.6 Å². The van der Waals surface area contributed by atoms with Gasteiger partial charge in [0.15, 0.2) is 0 Å². The van der Waals surface area contributed by atoms with E-state index in [0.29, 0.717) is 4.47 Å². The van der Waals surface area contributed by atoms with Crippen LogP contribution in [0.25, 0.3) is 0 Å². The van der Waals surface area contributed by atoms with Gasteiger partial charge in [0.25, 0.3) is 11.6 Å². The van der Waals surface area contributed by atoms with Gasteiger partial charge in [0.2, 0.25) is 11.6 Å². The number of nitrogens with zero attached hydrogens (tertiary/aromatic N) is 4. The van der Waals surface area contributed by atoms with Crippen LogP contribution in [0.15, 0.2) is 47.2 Å². The molecule has 15 heteroatoms. The Labute approximate surface area is 191 Å². The minimum absolute atomic E-state index is 0.0848. The van der Waals surface area contributed by atoms with Crippen molar-refractivity contribution in [2.75, 3.05) is 10.7 Å². The van der Waals surface area contributed by atoms with Gasteiger partial charge < -0.3 is 5.32 Å². The highest BCUT2D eigenvalue weighted by atomic mass is 79.9. The molecule has 0 atom stereocenters. The summed E-state index contributed by atoms with van der Waals surface area (Å²) in [5.41, 5.74) is 3.02. The van der Waals surface area contributed by atoms with Gasteiger partial charge in [-0.2, -0.15) is 0 Å². The average molecular weight is 527 g/mol. The van der Waals surface area contributed by atoms with Crippen LogP contribution in [0.2, 0.25) is 5.02 Å². The zero-order chi connectivity index (χ0) is 23.4. The number of nitro benzene ring substituents is 1. The van der Waals surface area contributed by atoms with Crippen LogP contribution in [0.1, 0.15) is 10.4 Å².